The van der Waals surface area contributed by atoms with Crippen molar-refractivity contribution in [1.82, 2.24) is 4.98 Å². The lowest BCUT2D eigenvalue weighted by molar-refractivity contribution is 1.15. The van der Waals surface area contributed by atoms with Crippen molar-refractivity contribution in [2.24, 2.45) is 0 Å². The van der Waals surface area contributed by atoms with E-state index in [1.54, 1.807) is 0 Å². The second kappa shape index (κ2) is 6.02. The van der Waals surface area contributed by atoms with Crippen LogP contribution in [0.1, 0.15) is 5.56 Å². The van der Waals surface area contributed by atoms with Crippen LogP contribution in [0.25, 0.3) is 11.1 Å². The van der Waals surface area contributed by atoms with Gasteiger partial charge in [-0.25, -0.2) is 0 Å². The fourth-order valence-corrected chi connectivity index (χ4v) is 2.17. The van der Waals surface area contributed by atoms with Gasteiger partial charge in [0.15, 0.2) is 0 Å². The highest BCUT2D eigenvalue weighted by Gasteiger charge is 1.99. The molecule has 0 fully saturated rings. The van der Waals surface area contributed by atoms with Crippen molar-refractivity contribution in [2.45, 2.75) is 6.54 Å². The third kappa shape index (κ3) is 3.04. The van der Waals surface area contributed by atoms with Crippen molar-refractivity contribution in [3.8, 4) is 11.1 Å². The fourth-order valence-electron chi connectivity index (χ4n) is 2.17. The van der Waals surface area contributed by atoms with Crippen LogP contribution in [0, 0.1) is 0 Å². The van der Waals surface area contributed by atoms with Gasteiger partial charge in [-0.1, -0.05) is 36.4 Å². The second-order valence-corrected chi connectivity index (χ2v) is 4.66. The highest BCUT2D eigenvalue weighted by molar-refractivity contribution is 5.63. The predicted octanol–water partition coefficient (Wildman–Crippen LogP) is 4.36. The van der Waals surface area contributed by atoms with Gasteiger partial charge in [0, 0.05) is 24.6 Å². The molecule has 0 aliphatic carbocycles. The van der Waals surface area contributed by atoms with Gasteiger partial charge >= 0.3 is 0 Å². The first-order chi connectivity index (χ1) is 9.92. The van der Waals surface area contributed by atoms with Crippen LogP contribution in [0.2, 0.25) is 0 Å². The summed E-state index contributed by atoms with van der Waals surface area (Å²) in [4.78, 5) is 4.06. The molecule has 0 bridgehead atoms. The van der Waals surface area contributed by atoms with Crippen molar-refractivity contribution >= 4 is 5.69 Å². The molecule has 3 aromatic rings. The molecule has 0 saturated carbocycles. The van der Waals surface area contributed by atoms with E-state index in [1.165, 1.54) is 16.7 Å². The molecule has 1 N–H and O–H groups in total. The van der Waals surface area contributed by atoms with Gasteiger partial charge in [0.05, 0.1) is 0 Å². The summed E-state index contributed by atoms with van der Waals surface area (Å²) in [5, 5.41) is 3.43. The van der Waals surface area contributed by atoms with E-state index < -0.39 is 0 Å². The molecule has 3 rings (SSSR count). The SMILES string of the molecule is c1ccc(NCc2cccc(-c3ccncc3)c2)cc1. The molecule has 1 heterocycles. The van der Waals surface area contributed by atoms with Crippen molar-refractivity contribution in [1.29, 1.82) is 0 Å². The number of hydrogen-bond acceptors (Lipinski definition) is 2. The Morgan fingerprint density at radius 3 is 2.35 bits per heavy atom. The third-order valence-electron chi connectivity index (χ3n) is 3.21. The predicted molar refractivity (Wildman–Crippen MR) is 83.4 cm³/mol. The zero-order valence-electron chi connectivity index (χ0n) is 11.2. The Morgan fingerprint density at radius 1 is 0.750 bits per heavy atom. The molecule has 2 aromatic carbocycles. The first kappa shape index (κ1) is 12.4. The van der Waals surface area contributed by atoms with Crippen LogP contribution in [0.15, 0.2) is 79.1 Å². The van der Waals surface area contributed by atoms with Crippen molar-refractivity contribution in [2.75, 3.05) is 5.32 Å². The summed E-state index contributed by atoms with van der Waals surface area (Å²) >= 11 is 0. The average Bonchev–Trinajstić information content (AvgIpc) is 2.55. The maximum Gasteiger partial charge on any atom is 0.0401 e. The van der Waals surface area contributed by atoms with Gasteiger partial charge in [-0.2, -0.15) is 0 Å². The van der Waals surface area contributed by atoms with Crippen LogP contribution in [0.5, 0.6) is 0 Å². The van der Waals surface area contributed by atoms with Crippen molar-refractivity contribution in [3.63, 3.8) is 0 Å². The van der Waals surface area contributed by atoms with Gasteiger partial charge in [0.25, 0.3) is 0 Å². The number of benzene rings is 2. The standard InChI is InChI=1S/C18H16N2/c1-2-7-18(8-3-1)20-14-15-5-4-6-17(13-15)16-9-11-19-12-10-16/h1-13,20H,14H2. The molecule has 0 aliphatic rings. The van der Waals surface area contributed by atoms with Crippen LogP contribution in [-0.2, 0) is 6.54 Å². The molecule has 2 nitrogen and oxygen atoms in total. The Bertz CT molecular complexity index is 663. The molecular formula is C18H16N2. The Kier molecular flexibility index (Phi) is 3.74. The Balaban J connectivity index is 1.75. The van der Waals surface area contributed by atoms with Crippen molar-refractivity contribution < 1.29 is 0 Å². The molecule has 0 aliphatic heterocycles. The summed E-state index contributed by atoms with van der Waals surface area (Å²) in [5.41, 5.74) is 4.83. The first-order valence-electron chi connectivity index (χ1n) is 6.70. The van der Waals surface area contributed by atoms with Gasteiger partial charge in [-0.15, -0.1) is 0 Å². The van der Waals surface area contributed by atoms with Gasteiger partial charge in [-0.05, 0) is 47.0 Å². The summed E-state index contributed by atoms with van der Waals surface area (Å²) in [6.45, 7) is 0.822. The maximum atomic E-state index is 4.06. The summed E-state index contributed by atoms with van der Waals surface area (Å²) in [6.07, 6.45) is 3.65. The van der Waals surface area contributed by atoms with Crippen LogP contribution in [0.4, 0.5) is 5.69 Å². The van der Waals surface area contributed by atoms with E-state index in [2.05, 4.69) is 46.7 Å². The summed E-state index contributed by atoms with van der Waals surface area (Å²) in [6, 6.07) is 22.9. The van der Waals surface area contributed by atoms with Crippen LogP contribution < -0.4 is 5.32 Å². The maximum absolute atomic E-state index is 4.06. The largest absolute Gasteiger partial charge is 0.381 e. The molecule has 0 atom stereocenters. The van der Waals surface area contributed by atoms with E-state index in [0.29, 0.717) is 0 Å². The molecule has 2 heteroatoms. The third-order valence-corrected chi connectivity index (χ3v) is 3.21. The molecule has 0 saturated heterocycles. The zero-order chi connectivity index (χ0) is 13.6. The number of pyridine rings is 1. The zero-order valence-corrected chi connectivity index (χ0v) is 11.2. The minimum absolute atomic E-state index is 0.822. The first-order valence-corrected chi connectivity index (χ1v) is 6.70. The molecule has 0 unspecified atom stereocenters. The summed E-state index contributed by atoms with van der Waals surface area (Å²) in [7, 11) is 0. The Labute approximate surface area is 119 Å². The van der Waals surface area contributed by atoms with Crippen LogP contribution in [-0.4, -0.2) is 4.98 Å². The highest BCUT2D eigenvalue weighted by atomic mass is 14.9. The molecule has 0 spiro atoms. The van der Waals surface area contributed by atoms with E-state index in [4.69, 9.17) is 0 Å². The van der Waals surface area contributed by atoms with Crippen molar-refractivity contribution in [3.05, 3.63) is 84.7 Å². The minimum atomic E-state index is 0.822. The molecular weight excluding hydrogens is 244 g/mol. The highest BCUT2D eigenvalue weighted by Crippen LogP contribution is 2.20. The molecule has 98 valence electrons. The molecule has 0 amide bonds. The van der Waals surface area contributed by atoms with E-state index in [0.717, 1.165) is 12.2 Å². The van der Waals surface area contributed by atoms with Gasteiger partial charge in [-0.3, -0.25) is 4.98 Å². The number of para-hydroxylation sites is 1. The number of aromatic nitrogens is 1. The second-order valence-electron chi connectivity index (χ2n) is 4.66. The Hall–Kier alpha value is -2.61. The number of anilines is 1. The molecule has 1 aromatic heterocycles. The number of hydrogen-bond donors (Lipinski definition) is 1. The number of rotatable bonds is 4. The van der Waals surface area contributed by atoms with Gasteiger partial charge in [0.1, 0.15) is 0 Å². The van der Waals surface area contributed by atoms with E-state index in [-0.39, 0.29) is 0 Å². The quantitative estimate of drug-likeness (QED) is 0.754. The number of nitrogens with one attached hydrogen (secondary N) is 1. The van der Waals surface area contributed by atoms with E-state index in [9.17, 15) is 0 Å². The lowest BCUT2D eigenvalue weighted by Gasteiger charge is -2.08. The topological polar surface area (TPSA) is 24.9 Å². The van der Waals surface area contributed by atoms with Crippen LogP contribution >= 0.6 is 0 Å². The van der Waals surface area contributed by atoms with Gasteiger partial charge in [0.2, 0.25) is 0 Å². The summed E-state index contributed by atoms with van der Waals surface area (Å²) < 4.78 is 0. The molecule has 20 heavy (non-hydrogen) atoms. The summed E-state index contributed by atoms with van der Waals surface area (Å²) in [5.74, 6) is 0. The lowest BCUT2D eigenvalue weighted by Crippen LogP contribution is -1.99. The normalized spacial score (nSPS) is 10.2. The Morgan fingerprint density at radius 2 is 1.55 bits per heavy atom. The minimum Gasteiger partial charge on any atom is -0.381 e. The molecule has 0 radical (unpaired) electrons. The monoisotopic (exact) mass is 260 g/mol. The van der Waals surface area contributed by atoms with Gasteiger partial charge < -0.3 is 5.32 Å². The smallest absolute Gasteiger partial charge is 0.0401 e. The van der Waals surface area contributed by atoms with Crippen LogP contribution in [0.3, 0.4) is 0 Å². The van der Waals surface area contributed by atoms with E-state index in [1.807, 2.05) is 42.7 Å². The van der Waals surface area contributed by atoms with E-state index >= 15 is 0 Å². The average molecular weight is 260 g/mol. The fraction of sp³-hybridized carbons (Fsp3) is 0.0556. The lowest BCUT2D eigenvalue weighted by atomic mass is 10.0. The number of nitrogens with zero attached hydrogens (tertiary/aromatic N) is 1.